The maximum Gasteiger partial charge on any atom is 0.0618 e. The van der Waals surface area contributed by atoms with E-state index < -0.39 is 0 Å². The minimum absolute atomic E-state index is 0.929. The maximum atomic E-state index is 4.21. The van der Waals surface area contributed by atoms with Gasteiger partial charge in [0.2, 0.25) is 0 Å². The highest BCUT2D eigenvalue weighted by molar-refractivity contribution is 9.10. The highest BCUT2D eigenvalue weighted by atomic mass is 79.9. The Labute approximate surface area is 484 Å². The summed E-state index contributed by atoms with van der Waals surface area (Å²) in [6.07, 6.45) is 0. The third-order valence-electron chi connectivity index (χ3n) is 15.1. The Morgan fingerprint density at radius 1 is 0.173 bits per heavy atom. The molecule has 13 aromatic rings. The molecule has 2 nitrogen and oxygen atoms in total. The van der Waals surface area contributed by atoms with Gasteiger partial charge in [-0.1, -0.05) is 283 Å². The monoisotopic (exact) mass is 1100 g/mol. The van der Waals surface area contributed by atoms with E-state index in [1.54, 1.807) is 0 Å². The van der Waals surface area contributed by atoms with Crippen LogP contribution >= 0.6 is 15.9 Å². The average Bonchev–Trinajstić information content (AvgIpc) is 3.70. The minimum atomic E-state index is 0.929. The highest BCUT2D eigenvalue weighted by Gasteiger charge is 2.28. The molecule has 0 heterocycles. The van der Waals surface area contributed by atoms with Crippen molar-refractivity contribution in [3.05, 3.63) is 338 Å². The van der Waals surface area contributed by atoms with Gasteiger partial charge >= 0.3 is 0 Å². The summed E-state index contributed by atoms with van der Waals surface area (Å²) in [7, 11) is 0. The van der Waals surface area contributed by atoms with E-state index in [9.17, 15) is 0 Å². The van der Waals surface area contributed by atoms with E-state index in [2.05, 4.69) is 359 Å². The van der Waals surface area contributed by atoms with Crippen molar-refractivity contribution in [1.82, 2.24) is 0 Å². The minimum Gasteiger partial charge on any atom is -0.309 e. The van der Waals surface area contributed by atoms with Crippen molar-refractivity contribution in [2.45, 2.75) is 0 Å². The van der Waals surface area contributed by atoms with Crippen LogP contribution in [-0.4, -0.2) is 0 Å². The molecule has 0 aliphatic carbocycles. The summed E-state index contributed by atoms with van der Waals surface area (Å²) in [6.45, 7) is 0. The molecule has 0 saturated heterocycles. The highest BCUT2D eigenvalue weighted by Crippen LogP contribution is 2.53. The molecule has 0 unspecified atom stereocenters. The molecule has 0 atom stereocenters. The van der Waals surface area contributed by atoms with Crippen LogP contribution in [0.5, 0.6) is 0 Å². The summed E-state index contributed by atoms with van der Waals surface area (Å²) >= 11 is 4.21. The molecule has 13 aromatic carbocycles. The summed E-state index contributed by atoms with van der Waals surface area (Å²) in [4.78, 5) is 4.96. The van der Waals surface area contributed by atoms with Gasteiger partial charge in [-0.15, -0.1) is 0 Å². The van der Waals surface area contributed by atoms with Crippen molar-refractivity contribution in [2.75, 3.05) is 9.80 Å². The Kier molecular flexibility index (Phi) is 14.4. The van der Waals surface area contributed by atoms with Crippen LogP contribution in [0.4, 0.5) is 34.1 Å². The van der Waals surface area contributed by atoms with Crippen LogP contribution in [0, 0.1) is 0 Å². The maximum absolute atomic E-state index is 4.21. The van der Waals surface area contributed by atoms with Gasteiger partial charge in [0.25, 0.3) is 0 Å². The first-order chi connectivity index (χ1) is 40.1. The predicted octanol–water partition coefficient (Wildman–Crippen LogP) is 22.7. The molecule has 13 rings (SSSR count). The average molecular weight is 1100 g/mol. The van der Waals surface area contributed by atoms with Crippen LogP contribution in [0.25, 0.3) is 89.0 Å². The number of rotatable bonds is 14. The number of benzene rings is 13. The van der Waals surface area contributed by atoms with Crippen LogP contribution in [0.1, 0.15) is 0 Å². The Morgan fingerprint density at radius 3 is 0.630 bits per heavy atom. The first-order valence-electron chi connectivity index (χ1n) is 27.5. The van der Waals surface area contributed by atoms with Gasteiger partial charge < -0.3 is 9.80 Å². The van der Waals surface area contributed by atoms with Gasteiger partial charge in [-0.3, -0.25) is 0 Å². The normalized spacial score (nSPS) is 11.0. The molecule has 0 fully saturated rings. The molecule has 0 saturated carbocycles. The fourth-order valence-corrected chi connectivity index (χ4v) is 11.7. The zero-order valence-corrected chi connectivity index (χ0v) is 46.1. The number of halogens is 1. The standard InChI is InChI=1S/C78H55BrN2/c79-68-53-71(80(69-45-41-60(42-46-69)56-25-9-1-10-26-56)77-73(62-33-17-5-18-34-62)49-66(58-29-13-3-14-30-58)50-74(77)63-35-19-6-20-36-63)55-72(54-68)81(70-47-43-61(44-48-70)57-27-11-2-12-28-57)78-75(64-37-21-7-22-38-64)51-67(59-31-15-4-16-32-59)52-76(78)65-39-23-8-24-40-65/h1-55H. The lowest BCUT2D eigenvalue weighted by atomic mass is 9.89. The largest absolute Gasteiger partial charge is 0.309 e. The lowest BCUT2D eigenvalue weighted by Gasteiger charge is -2.34. The SMILES string of the molecule is Brc1cc(N(c2ccc(-c3ccccc3)cc2)c2c(-c3ccccc3)cc(-c3ccccc3)cc2-c2ccccc2)cc(N(c2ccc(-c3ccccc3)cc2)c2c(-c3ccccc3)cc(-c3ccccc3)cc2-c2ccccc2)c1. The van der Waals surface area contributed by atoms with Gasteiger partial charge in [0, 0.05) is 49.5 Å². The van der Waals surface area contributed by atoms with Crippen molar-refractivity contribution in [3.8, 4) is 89.0 Å². The van der Waals surface area contributed by atoms with E-state index in [4.69, 9.17) is 0 Å². The van der Waals surface area contributed by atoms with Crippen molar-refractivity contribution >= 4 is 50.1 Å². The van der Waals surface area contributed by atoms with Crippen LogP contribution < -0.4 is 9.80 Å². The van der Waals surface area contributed by atoms with Crippen molar-refractivity contribution < 1.29 is 0 Å². The predicted molar refractivity (Wildman–Crippen MR) is 347 cm³/mol. The summed E-state index contributed by atoms with van der Waals surface area (Å²) in [6, 6.07) is 121. The zero-order valence-electron chi connectivity index (χ0n) is 44.5. The number of nitrogens with zero attached hydrogens (tertiary/aromatic N) is 2. The fraction of sp³-hybridized carbons (Fsp3) is 0. The molecule has 81 heavy (non-hydrogen) atoms. The first-order valence-corrected chi connectivity index (χ1v) is 28.3. The molecule has 0 aliphatic heterocycles. The Balaban J connectivity index is 1.12. The molecule has 3 heteroatoms. The molecule has 0 aliphatic rings. The van der Waals surface area contributed by atoms with E-state index in [0.29, 0.717) is 0 Å². The second-order valence-corrected chi connectivity index (χ2v) is 21.1. The van der Waals surface area contributed by atoms with Gasteiger partial charge in [-0.25, -0.2) is 0 Å². The summed E-state index contributed by atoms with van der Waals surface area (Å²) < 4.78 is 0.929. The molecule has 384 valence electrons. The van der Waals surface area contributed by atoms with E-state index in [0.717, 1.165) is 128 Å². The van der Waals surface area contributed by atoms with Gasteiger partial charge in [0.1, 0.15) is 0 Å². The van der Waals surface area contributed by atoms with E-state index in [1.807, 2.05) is 0 Å². The van der Waals surface area contributed by atoms with Crippen molar-refractivity contribution in [1.29, 1.82) is 0 Å². The number of anilines is 6. The molecule has 0 bridgehead atoms. The lowest BCUT2D eigenvalue weighted by Crippen LogP contribution is -2.16. The Morgan fingerprint density at radius 2 is 0.383 bits per heavy atom. The van der Waals surface area contributed by atoms with Crippen molar-refractivity contribution in [2.24, 2.45) is 0 Å². The van der Waals surface area contributed by atoms with Crippen LogP contribution in [0.3, 0.4) is 0 Å². The van der Waals surface area contributed by atoms with Crippen molar-refractivity contribution in [3.63, 3.8) is 0 Å². The molecule has 0 amide bonds. The van der Waals surface area contributed by atoms with E-state index in [1.165, 1.54) is 0 Å². The molecule has 0 N–H and O–H groups in total. The molecule has 0 aromatic heterocycles. The topological polar surface area (TPSA) is 6.48 Å². The van der Waals surface area contributed by atoms with E-state index in [-0.39, 0.29) is 0 Å². The van der Waals surface area contributed by atoms with Crippen LogP contribution in [0.15, 0.2) is 338 Å². The smallest absolute Gasteiger partial charge is 0.0618 e. The third kappa shape index (κ3) is 10.7. The molecular formula is C78H55BrN2. The van der Waals surface area contributed by atoms with Gasteiger partial charge in [0.15, 0.2) is 0 Å². The molecular weight excluding hydrogens is 1040 g/mol. The van der Waals surface area contributed by atoms with Crippen LogP contribution in [0.2, 0.25) is 0 Å². The Hall–Kier alpha value is -10.1. The summed E-state index contributed by atoms with van der Waals surface area (Å²) in [5.74, 6) is 0. The molecule has 0 spiro atoms. The van der Waals surface area contributed by atoms with Crippen LogP contribution in [-0.2, 0) is 0 Å². The quantitative estimate of drug-likeness (QED) is 0.107. The second-order valence-electron chi connectivity index (χ2n) is 20.2. The third-order valence-corrected chi connectivity index (χ3v) is 15.5. The molecule has 0 radical (unpaired) electrons. The van der Waals surface area contributed by atoms with Gasteiger partial charge in [-0.05, 0) is 133 Å². The second kappa shape index (κ2) is 23.1. The van der Waals surface area contributed by atoms with Gasteiger partial charge in [0.05, 0.1) is 11.4 Å². The first kappa shape index (κ1) is 50.4. The Bertz CT molecular complexity index is 3820. The van der Waals surface area contributed by atoms with E-state index >= 15 is 0 Å². The number of hydrogen-bond donors (Lipinski definition) is 0. The number of hydrogen-bond acceptors (Lipinski definition) is 2. The lowest BCUT2D eigenvalue weighted by molar-refractivity contribution is 1.24. The fourth-order valence-electron chi connectivity index (χ4n) is 11.2. The zero-order chi connectivity index (χ0) is 54.3. The summed E-state index contributed by atoms with van der Waals surface area (Å²) in [5, 5.41) is 0. The summed E-state index contributed by atoms with van der Waals surface area (Å²) in [5.41, 5.74) is 24.2. The van der Waals surface area contributed by atoms with Gasteiger partial charge in [-0.2, -0.15) is 0 Å².